The van der Waals surface area contributed by atoms with E-state index in [1.165, 1.54) is 0 Å². The lowest BCUT2D eigenvalue weighted by Crippen LogP contribution is -2.30. The number of hydrogen-bond acceptors (Lipinski definition) is 5. The summed E-state index contributed by atoms with van der Waals surface area (Å²) in [6, 6.07) is 5.81. The highest BCUT2D eigenvalue weighted by molar-refractivity contribution is 6.31. The highest BCUT2D eigenvalue weighted by atomic mass is 35.5. The molecular formula is C22H27ClN6O. The minimum Gasteiger partial charge on any atom is -0.346 e. The zero-order chi connectivity index (χ0) is 21.3. The van der Waals surface area contributed by atoms with E-state index in [0.29, 0.717) is 23.7 Å². The van der Waals surface area contributed by atoms with E-state index in [2.05, 4.69) is 32.2 Å². The average molecular weight is 427 g/mol. The van der Waals surface area contributed by atoms with Crippen LogP contribution in [0, 0.1) is 6.92 Å². The molecule has 3 heterocycles. The van der Waals surface area contributed by atoms with E-state index in [0.717, 1.165) is 59.7 Å². The van der Waals surface area contributed by atoms with Gasteiger partial charge in [-0.2, -0.15) is 0 Å². The van der Waals surface area contributed by atoms with Crippen LogP contribution in [0.2, 0.25) is 5.02 Å². The van der Waals surface area contributed by atoms with E-state index >= 15 is 0 Å². The second kappa shape index (κ2) is 8.62. The summed E-state index contributed by atoms with van der Waals surface area (Å²) in [4.78, 5) is 29.1. The molecule has 8 heteroatoms. The van der Waals surface area contributed by atoms with Crippen LogP contribution in [-0.2, 0) is 17.8 Å². The van der Waals surface area contributed by atoms with E-state index in [1.54, 1.807) is 0 Å². The molecule has 0 unspecified atom stereocenters. The molecule has 7 nitrogen and oxygen atoms in total. The fraction of sp³-hybridized carbons (Fsp3) is 0.409. The van der Waals surface area contributed by atoms with E-state index in [9.17, 15) is 4.79 Å². The van der Waals surface area contributed by atoms with Gasteiger partial charge in [-0.25, -0.2) is 9.97 Å². The summed E-state index contributed by atoms with van der Waals surface area (Å²) in [7, 11) is 3.97. The lowest BCUT2D eigenvalue weighted by molar-refractivity contribution is -0.129. The van der Waals surface area contributed by atoms with Crippen molar-refractivity contribution >= 4 is 40.0 Å². The largest absolute Gasteiger partial charge is 0.346 e. The molecular weight excluding hydrogens is 400 g/mol. The number of rotatable bonds is 0. The van der Waals surface area contributed by atoms with Gasteiger partial charge in [-0.05, 0) is 62.7 Å². The number of aromatic nitrogens is 3. The average Bonchev–Trinajstić information content (AvgIpc) is 3.09. The van der Waals surface area contributed by atoms with Crippen molar-refractivity contribution in [2.75, 3.05) is 32.5 Å². The lowest BCUT2D eigenvalue weighted by Gasteiger charge is -2.21. The Bertz CT molecular complexity index is 1080. The van der Waals surface area contributed by atoms with Crippen molar-refractivity contribution in [1.82, 2.24) is 24.8 Å². The van der Waals surface area contributed by atoms with Gasteiger partial charge in [-0.3, -0.25) is 4.79 Å². The Balaban J connectivity index is 1.76. The number of amides is 1. The van der Waals surface area contributed by atoms with E-state index in [1.807, 2.05) is 43.3 Å². The molecule has 3 aromatic rings. The SMILES string of the molecule is Cc1nc2c3c(c[nH]c3n1)CN(C)CCCN(C)C(=O)CCc1cc(ccc1Cl)N2. The molecule has 4 rings (SSSR count). The third kappa shape index (κ3) is 4.42. The van der Waals surface area contributed by atoms with Crippen molar-refractivity contribution in [3.63, 3.8) is 0 Å². The molecule has 1 aliphatic heterocycles. The van der Waals surface area contributed by atoms with Crippen molar-refractivity contribution in [3.8, 4) is 0 Å². The van der Waals surface area contributed by atoms with Gasteiger partial charge < -0.3 is 20.1 Å². The molecule has 0 aliphatic carbocycles. The fourth-order valence-corrected chi connectivity index (χ4v) is 4.12. The maximum atomic E-state index is 12.5. The van der Waals surface area contributed by atoms with Crippen LogP contribution in [0.15, 0.2) is 24.4 Å². The summed E-state index contributed by atoms with van der Waals surface area (Å²) in [5.41, 5.74) is 3.81. The molecule has 2 aromatic heterocycles. The summed E-state index contributed by atoms with van der Waals surface area (Å²) in [6.07, 6.45) is 3.96. The van der Waals surface area contributed by atoms with Gasteiger partial charge in [-0.15, -0.1) is 0 Å². The lowest BCUT2D eigenvalue weighted by atomic mass is 10.1. The summed E-state index contributed by atoms with van der Waals surface area (Å²) in [5.74, 6) is 1.61. The number of carbonyl (C=O) groups is 1. The molecule has 2 N–H and O–H groups in total. The number of H-pyrrole nitrogens is 1. The van der Waals surface area contributed by atoms with Gasteiger partial charge >= 0.3 is 0 Å². The Labute approximate surface area is 181 Å². The van der Waals surface area contributed by atoms with E-state index in [4.69, 9.17) is 11.6 Å². The number of benzene rings is 1. The molecule has 30 heavy (non-hydrogen) atoms. The van der Waals surface area contributed by atoms with Gasteiger partial charge in [0.05, 0.1) is 5.39 Å². The minimum atomic E-state index is 0.139. The third-order valence-corrected chi connectivity index (χ3v) is 5.91. The van der Waals surface area contributed by atoms with E-state index < -0.39 is 0 Å². The Kier molecular flexibility index (Phi) is 5.92. The normalized spacial score (nSPS) is 16.7. The highest BCUT2D eigenvalue weighted by Crippen LogP contribution is 2.30. The third-order valence-electron chi connectivity index (χ3n) is 5.54. The van der Waals surface area contributed by atoms with Crippen molar-refractivity contribution in [2.24, 2.45) is 0 Å². The Morgan fingerprint density at radius 3 is 2.77 bits per heavy atom. The summed E-state index contributed by atoms with van der Waals surface area (Å²) in [6.45, 7) is 4.29. The van der Waals surface area contributed by atoms with Gasteiger partial charge in [0.2, 0.25) is 5.91 Å². The maximum Gasteiger partial charge on any atom is 0.222 e. The first-order chi connectivity index (χ1) is 14.4. The number of aryl methyl sites for hydroxylation is 2. The molecule has 0 saturated heterocycles. The molecule has 0 atom stereocenters. The summed E-state index contributed by atoms with van der Waals surface area (Å²) < 4.78 is 0. The van der Waals surface area contributed by atoms with Crippen molar-refractivity contribution in [2.45, 2.75) is 32.7 Å². The quantitative estimate of drug-likeness (QED) is 0.570. The Morgan fingerprint density at radius 1 is 1.10 bits per heavy atom. The number of carbonyl (C=O) groups excluding carboxylic acids is 1. The van der Waals surface area contributed by atoms with Gasteiger partial charge in [0.1, 0.15) is 17.3 Å². The summed E-state index contributed by atoms with van der Waals surface area (Å²) in [5, 5.41) is 5.13. The molecule has 1 aromatic carbocycles. The fourth-order valence-electron chi connectivity index (χ4n) is 3.91. The van der Waals surface area contributed by atoms with Crippen LogP contribution in [0.3, 0.4) is 0 Å². The van der Waals surface area contributed by atoms with Crippen LogP contribution in [0.4, 0.5) is 11.5 Å². The molecule has 2 bridgehead atoms. The molecule has 0 spiro atoms. The first-order valence-electron chi connectivity index (χ1n) is 10.2. The van der Waals surface area contributed by atoms with Crippen molar-refractivity contribution < 1.29 is 4.79 Å². The van der Waals surface area contributed by atoms with Gasteiger partial charge in [0.25, 0.3) is 0 Å². The van der Waals surface area contributed by atoms with Crippen molar-refractivity contribution in [1.29, 1.82) is 0 Å². The van der Waals surface area contributed by atoms with Crippen LogP contribution in [0.1, 0.15) is 29.8 Å². The number of nitrogens with one attached hydrogen (secondary N) is 2. The molecule has 0 radical (unpaired) electrons. The smallest absolute Gasteiger partial charge is 0.222 e. The molecule has 158 valence electrons. The van der Waals surface area contributed by atoms with Crippen LogP contribution >= 0.6 is 11.6 Å². The molecule has 1 amide bonds. The Morgan fingerprint density at radius 2 is 1.93 bits per heavy atom. The molecule has 0 fully saturated rings. The number of aromatic amines is 1. The standard InChI is InChI=1S/C22H27ClN6O/c1-14-25-21-20-16(12-24-21)13-28(2)9-4-10-29(3)19(30)8-5-15-11-17(6-7-18(15)23)27-22(20)26-14/h6-7,11-12H,4-5,8-10,13H2,1-3H3,(H2,24,25,26,27). The molecule has 1 aliphatic rings. The predicted molar refractivity (Wildman–Crippen MR) is 120 cm³/mol. The zero-order valence-electron chi connectivity index (χ0n) is 17.6. The highest BCUT2D eigenvalue weighted by Gasteiger charge is 2.16. The Hall–Kier alpha value is -2.64. The first kappa shape index (κ1) is 20.6. The molecule has 0 saturated carbocycles. The van der Waals surface area contributed by atoms with E-state index in [-0.39, 0.29) is 5.91 Å². The number of hydrogen-bond donors (Lipinski definition) is 2. The van der Waals surface area contributed by atoms with Gasteiger partial charge in [-0.1, -0.05) is 11.6 Å². The maximum absolute atomic E-state index is 12.5. The number of anilines is 2. The van der Waals surface area contributed by atoms with Crippen molar-refractivity contribution in [3.05, 3.63) is 46.4 Å². The zero-order valence-corrected chi connectivity index (χ0v) is 18.4. The van der Waals surface area contributed by atoms with Crippen LogP contribution < -0.4 is 5.32 Å². The minimum absolute atomic E-state index is 0.139. The number of fused-ring (bicyclic) bond motifs is 2. The van der Waals surface area contributed by atoms with Crippen LogP contribution in [0.25, 0.3) is 11.0 Å². The second-order valence-corrected chi connectivity index (χ2v) is 8.40. The number of halogens is 1. The van der Waals surface area contributed by atoms with Gasteiger partial charge in [0, 0.05) is 43.5 Å². The number of nitrogens with zero attached hydrogens (tertiary/aromatic N) is 4. The summed E-state index contributed by atoms with van der Waals surface area (Å²) >= 11 is 6.41. The first-order valence-corrected chi connectivity index (χ1v) is 10.6. The predicted octanol–water partition coefficient (Wildman–Crippen LogP) is 3.89. The second-order valence-electron chi connectivity index (χ2n) is 7.99. The van der Waals surface area contributed by atoms with Crippen LogP contribution in [0.5, 0.6) is 0 Å². The van der Waals surface area contributed by atoms with Crippen LogP contribution in [-0.4, -0.2) is 57.8 Å². The topological polar surface area (TPSA) is 77.2 Å². The van der Waals surface area contributed by atoms with Gasteiger partial charge in [0.15, 0.2) is 0 Å². The monoisotopic (exact) mass is 426 g/mol.